The Morgan fingerprint density at radius 2 is 2.00 bits per heavy atom. The van der Waals surface area contributed by atoms with Gasteiger partial charge >= 0.3 is 0 Å². The number of anilines is 1. The summed E-state index contributed by atoms with van der Waals surface area (Å²) in [5, 5.41) is 4.62. The van der Waals surface area contributed by atoms with E-state index >= 15 is 0 Å². The third-order valence-corrected chi connectivity index (χ3v) is 3.01. The fourth-order valence-electron chi connectivity index (χ4n) is 2.17. The highest BCUT2D eigenvalue weighted by atomic mass is 15.3. The smallest absolute Gasteiger partial charge is 0.127 e. The molecule has 0 unspecified atom stereocenters. The number of nitrogens with zero attached hydrogens (tertiary/aromatic N) is 2. The molecule has 0 amide bonds. The van der Waals surface area contributed by atoms with Crippen molar-refractivity contribution in [1.29, 1.82) is 0 Å². The molecule has 1 heterocycles. The van der Waals surface area contributed by atoms with Crippen LogP contribution in [0.4, 0.5) is 5.82 Å². The molecule has 0 aliphatic rings. The molecule has 1 aromatic carbocycles. The molecule has 0 aliphatic carbocycles. The monoisotopic (exact) mass is 243 g/mol. The van der Waals surface area contributed by atoms with Crippen LogP contribution in [0, 0.1) is 5.92 Å². The Bertz CT molecular complexity index is 526. The average molecular weight is 243 g/mol. The third kappa shape index (κ3) is 2.55. The maximum absolute atomic E-state index is 6.07. The van der Waals surface area contributed by atoms with Gasteiger partial charge in [0.15, 0.2) is 0 Å². The lowest BCUT2D eigenvalue weighted by Crippen LogP contribution is -2.05. The quantitative estimate of drug-likeness (QED) is 0.896. The first-order valence-electron chi connectivity index (χ1n) is 6.54. The van der Waals surface area contributed by atoms with Gasteiger partial charge in [-0.15, -0.1) is 0 Å². The van der Waals surface area contributed by atoms with Gasteiger partial charge in [0.2, 0.25) is 0 Å². The van der Waals surface area contributed by atoms with E-state index in [1.807, 2.05) is 16.8 Å². The van der Waals surface area contributed by atoms with Crippen LogP contribution in [0.1, 0.15) is 32.0 Å². The van der Waals surface area contributed by atoms with Gasteiger partial charge in [0, 0.05) is 6.07 Å². The summed E-state index contributed by atoms with van der Waals surface area (Å²) in [6.45, 7) is 6.53. The van der Waals surface area contributed by atoms with Crippen LogP contribution >= 0.6 is 0 Å². The van der Waals surface area contributed by atoms with Gasteiger partial charge in [-0.3, -0.25) is 0 Å². The first kappa shape index (κ1) is 12.7. The Morgan fingerprint density at radius 1 is 1.28 bits per heavy atom. The van der Waals surface area contributed by atoms with Crippen LogP contribution in [-0.4, -0.2) is 9.78 Å². The highest BCUT2D eigenvalue weighted by molar-refractivity contribution is 5.47. The van der Waals surface area contributed by atoms with Crippen molar-refractivity contribution in [2.45, 2.75) is 33.6 Å². The van der Waals surface area contributed by atoms with E-state index < -0.39 is 0 Å². The number of hydrogen-bond acceptors (Lipinski definition) is 2. The van der Waals surface area contributed by atoms with Gasteiger partial charge in [0.05, 0.1) is 11.4 Å². The Labute approximate surface area is 109 Å². The minimum atomic E-state index is 0.592. The minimum absolute atomic E-state index is 0.592. The Balaban J connectivity index is 2.41. The number of benzene rings is 1. The highest BCUT2D eigenvalue weighted by Gasteiger charge is 2.10. The van der Waals surface area contributed by atoms with Crippen molar-refractivity contribution in [3.8, 4) is 5.69 Å². The van der Waals surface area contributed by atoms with Crippen molar-refractivity contribution < 1.29 is 0 Å². The van der Waals surface area contributed by atoms with E-state index in [1.54, 1.807) is 0 Å². The molecule has 0 bridgehead atoms. The second-order valence-electron chi connectivity index (χ2n) is 5.05. The first-order valence-corrected chi connectivity index (χ1v) is 6.54. The number of hydrogen-bond donors (Lipinski definition) is 1. The maximum atomic E-state index is 6.07. The minimum Gasteiger partial charge on any atom is -0.384 e. The summed E-state index contributed by atoms with van der Waals surface area (Å²) in [7, 11) is 0. The maximum Gasteiger partial charge on any atom is 0.127 e. The van der Waals surface area contributed by atoms with Gasteiger partial charge in [-0.05, 0) is 30.4 Å². The topological polar surface area (TPSA) is 43.8 Å². The normalized spacial score (nSPS) is 11.1. The molecular formula is C15H21N3. The third-order valence-electron chi connectivity index (χ3n) is 3.01. The van der Waals surface area contributed by atoms with Crippen molar-refractivity contribution in [3.63, 3.8) is 0 Å². The summed E-state index contributed by atoms with van der Waals surface area (Å²) in [6, 6.07) is 10.3. The van der Waals surface area contributed by atoms with Gasteiger partial charge < -0.3 is 5.73 Å². The molecule has 2 N–H and O–H groups in total. The van der Waals surface area contributed by atoms with Crippen LogP contribution in [-0.2, 0) is 12.8 Å². The fraction of sp³-hybridized carbons (Fsp3) is 0.400. The molecule has 0 atom stereocenters. The van der Waals surface area contributed by atoms with Crippen LogP contribution in [0.2, 0.25) is 0 Å². The van der Waals surface area contributed by atoms with Crippen molar-refractivity contribution in [2.24, 2.45) is 5.92 Å². The molecule has 0 radical (unpaired) electrons. The van der Waals surface area contributed by atoms with Crippen molar-refractivity contribution >= 4 is 5.82 Å². The van der Waals surface area contributed by atoms with E-state index in [2.05, 4.69) is 44.1 Å². The van der Waals surface area contributed by atoms with Gasteiger partial charge in [-0.1, -0.05) is 39.0 Å². The predicted octanol–water partition coefficient (Wildman–Crippen LogP) is 3.22. The van der Waals surface area contributed by atoms with Gasteiger partial charge in [-0.2, -0.15) is 5.10 Å². The summed E-state index contributed by atoms with van der Waals surface area (Å²) < 4.78 is 1.86. The summed E-state index contributed by atoms with van der Waals surface area (Å²) in [5.41, 5.74) is 9.49. The molecule has 18 heavy (non-hydrogen) atoms. The number of nitrogens with two attached hydrogens (primary N) is 1. The fourth-order valence-corrected chi connectivity index (χ4v) is 2.17. The highest BCUT2D eigenvalue weighted by Crippen LogP contribution is 2.20. The van der Waals surface area contributed by atoms with Crippen LogP contribution in [0.15, 0.2) is 30.3 Å². The Kier molecular flexibility index (Phi) is 3.70. The lowest BCUT2D eigenvalue weighted by Gasteiger charge is -2.09. The zero-order valence-corrected chi connectivity index (χ0v) is 11.4. The summed E-state index contributed by atoms with van der Waals surface area (Å²) in [4.78, 5) is 0. The van der Waals surface area contributed by atoms with E-state index in [4.69, 9.17) is 5.73 Å². The SMILES string of the molecule is CCc1ccccc1-n1nc(CC(C)C)cc1N. The first-order chi connectivity index (χ1) is 8.61. The largest absolute Gasteiger partial charge is 0.384 e. The molecule has 0 spiro atoms. The van der Waals surface area contributed by atoms with Crippen LogP contribution in [0.25, 0.3) is 5.69 Å². The summed E-state index contributed by atoms with van der Waals surface area (Å²) >= 11 is 0. The second kappa shape index (κ2) is 5.25. The average Bonchev–Trinajstić information content (AvgIpc) is 2.69. The van der Waals surface area contributed by atoms with E-state index in [9.17, 15) is 0 Å². The molecule has 2 aromatic rings. The number of aryl methyl sites for hydroxylation is 1. The molecule has 0 saturated carbocycles. The van der Waals surface area contributed by atoms with Crippen LogP contribution < -0.4 is 5.73 Å². The van der Waals surface area contributed by atoms with Crippen molar-refractivity contribution in [1.82, 2.24) is 9.78 Å². The van der Waals surface area contributed by atoms with Crippen molar-refractivity contribution in [2.75, 3.05) is 5.73 Å². The molecular weight excluding hydrogens is 222 g/mol. The van der Waals surface area contributed by atoms with E-state index in [-0.39, 0.29) is 0 Å². The number of nitrogen functional groups attached to an aromatic ring is 1. The van der Waals surface area contributed by atoms with Crippen LogP contribution in [0.5, 0.6) is 0 Å². The Morgan fingerprint density at radius 3 is 2.67 bits per heavy atom. The van der Waals surface area contributed by atoms with E-state index in [0.717, 1.165) is 24.2 Å². The zero-order chi connectivity index (χ0) is 13.1. The molecule has 1 aromatic heterocycles. The van der Waals surface area contributed by atoms with E-state index in [0.29, 0.717) is 11.7 Å². The van der Waals surface area contributed by atoms with Gasteiger partial charge in [0.1, 0.15) is 5.82 Å². The summed E-state index contributed by atoms with van der Waals surface area (Å²) in [5.74, 6) is 1.31. The Hall–Kier alpha value is -1.77. The molecule has 0 aliphatic heterocycles. The second-order valence-corrected chi connectivity index (χ2v) is 5.05. The van der Waals surface area contributed by atoms with E-state index in [1.165, 1.54) is 5.56 Å². The van der Waals surface area contributed by atoms with Crippen LogP contribution in [0.3, 0.4) is 0 Å². The number of aromatic nitrogens is 2. The zero-order valence-electron chi connectivity index (χ0n) is 11.4. The molecule has 2 rings (SSSR count). The molecule has 0 saturated heterocycles. The number of rotatable bonds is 4. The van der Waals surface area contributed by atoms with Crippen molar-refractivity contribution in [3.05, 3.63) is 41.6 Å². The predicted molar refractivity (Wildman–Crippen MR) is 75.9 cm³/mol. The lowest BCUT2D eigenvalue weighted by atomic mass is 10.1. The molecule has 3 nitrogen and oxygen atoms in total. The summed E-state index contributed by atoms with van der Waals surface area (Å²) in [6.07, 6.45) is 1.94. The molecule has 96 valence electrons. The number of para-hydroxylation sites is 1. The molecule has 0 fully saturated rings. The molecule has 3 heteroatoms. The lowest BCUT2D eigenvalue weighted by molar-refractivity contribution is 0.628. The van der Waals surface area contributed by atoms with Gasteiger partial charge in [-0.25, -0.2) is 4.68 Å². The van der Waals surface area contributed by atoms with Gasteiger partial charge in [0.25, 0.3) is 0 Å². The standard InChI is InChI=1S/C15H21N3/c1-4-12-7-5-6-8-14(12)18-15(16)10-13(17-18)9-11(2)3/h5-8,10-11H,4,9,16H2,1-3H3.